The number of hydrogen-bond acceptors (Lipinski definition) is 4. The largest absolute Gasteiger partial charge is 0.450 e. The molecule has 3 aromatic rings. The Morgan fingerprint density at radius 2 is 1.96 bits per heavy atom. The predicted molar refractivity (Wildman–Crippen MR) is 91.3 cm³/mol. The van der Waals surface area contributed by atoms with E-state index in [1.54, 1.807) is 37.3 Å². The number of furan rings is 1. The maximum Gasteiger partial charge on any atom is 0.375 e. The summed E-state index contributed by atoms with van der Waals surface area (Å²) < 4.78 is 10.5. The van der Waals surface area contributed by atoms with Crippen LogP contribution in [0.5, 0.6) is 0 Å². The van der Waals surface area contributed by atoms with Gasteiger partial charge in [0.2, 0.25) is 5.76 Å². The quantitative estimate of drug-likeness (QED) is 0.721. The molecule has 0 fully saturated rings. The lowest BCUT2D eigenvalue weighted by Gasteiger charge is -2.06. The van der Waals surface area contributed by atoms with Crippen LogP contribution in [0.25, 0.3) is 11.0 Å². The zero-order valence-corrected chi connectivity index (χ0v) is 13.6. The highest BCUT2D eigenvalue weighted by atomic mass is 35.5. The van der Waals surface area contributed by atoms with Gasteiger partial charge in [-0.05, 0) is 31.2 Å². The molecule has 0 aliphatic heterocycles. The van der Waals surface area contributed by atoms with Crippen LogP contribution in [0.1, 0.15) is 16.1 Å². The zero-order valence-electron chi connectivity index (χ0n) is 12.8. The molecular formula is C18H14ClNO4. The maximum absolute atomic E-state index is 12.1. The van der Waals surface area contributed by atoms with Crippen molar-refractivity contribution < 1.29 is 18.7 Å². The SMILES string of the molecule is Cc1c(C(=O)OCC(=O)Nc2cccc(Cl)c2)oc2ccccc12. The minimum Gasteiger partial charge on any atom is -0.450 e. The summed E-state index contributed by atoms with van der Waals surface area (Å²) in [6.45, 7) is 1.36. The van der Waals surface area contributed by atoms with Crippen molar-refractivity contribution >= 4 is 40.1 Å². The topological polar surface area (TPSA) is 68.5 Å². The zero-order chi connectivity index (χ0) is 17.1. The highest BCUT2D eigenvalue weighted by molar-refractivity contribution is 6.30. The van der Waals surface area contributed by atoms with Gasteiger partial charge in [-0.3, -0.25) is 4.79 Å². The maximum atomic E-state index is 12.1. The smallest absolute Gasteiger partial charge is 0.375 e. The van der Waals surface area contributed by atoms with Crippen molar-refractivity contribution in [3.63, 3.8) is 0 Å². The molecule has 1 aromatic heterocycles. The number of benzene rings is 2. The molecule has 24 heavy (non-hydrogen) atoms. The van der Waals surface area contributed by atoms with Crippen LogP contribution in [0.3, 0.4) is 0 Å². The number of para-hydroxylation sites is 1. The number of rotatable bonds is 4. The van der Waals surface area contributed by atoms with E-state index in [9.17, 15) is 9.59 Å². The molecule has 0 radical (unpaired) electrons. The fourth-order valence-corrected chi connectivity index (χ4v) is 2.52. The Hall–Kier alpha value is -2.79. The fraction of sp³-hybridized carbons (Fsp3) is 0.111. The van der Waals surface area contributed by atoms with E-state index in [1.807, 2.05) is 18.2 Å². The van der Waals surface area contributed by atoms with Crippen LogP contribution in [-0.4, -0.2) is 18.5 Å². The Labute approximate surface area is 143 Å². The Kier molecular flexibility index (Phi) is 4.53. The highest BCUT2D eigenvalue weighted by Gasteiger charge is 2.19. The molecule has 0 bridgehead atoms. The van der Waals surface area contributed by atoms with Crippen LogP contribution >= 0.6 is 11.6 Å². The molecule has 0 aliphatic carbocycles. The third kappa shape index (κ3) is 3.41. The van der Waals surface area contributed by atoms with Crippen LogP contribution in [0, 0.1) is 6.92 Å². The molecule has 0 aliphatic rings. The number of esters is 1. The van der Waals surface area contributed by atoms with Gasteiger partial charge in [0.1, 0.15) is 5.58 Å². The lowest BCUT2D eigenvalue weighted by atomic mass is 10.1. The van der Waals surface area contributed by atoms with E-state index in [0.717, 1.165) is 5.39 Å². The number of carbonyl (C=O) groups is 2. The lowest BCUT2D eigenvalue weighted by molar-refractivity contribution is -0.119. The van der Waals surface area contributed by atoms with Crippen LogP contribution in [0.4, 0.5) is 5.69 Å². The summed E-state index contributed by atoms with van der Waals surface area (Å²) in [4.78, 5) is 24.0. The Morgan fingerprint density at radius 3 is 2.71 bits per heavy atom. The van der Waals surface area contributed by atoms with Gasteiger partial charge in [-0.25, -0.2) is 4.79 Å². The highest BCUT2D eigenvalue weighted by Crippen LogP contribution is 2.25. The van der Waals surface area contributed by atoms with Gasteiger partial charge < -0.3 is 14.5 Å². The number of fused-ring (bicyclic) bond motifs is 1. The molecule has 6 heteroatoms. The number of anilines is 1. The number of halogens is 1. The first-order chi connectivity index (χ1) is 11.5. The van der Waals surface area contributed by atoms with Crippen LogP contribution in [-0.2, 0) is 9.53 Å². The molecule has 1 N–H and O–H groups in total. The third-order valence-electron chi connectivity index (χ3n) is 3.47. The number of nitrogens with one attached hydrogen (secondary N) is 1. The summed E-state index contributed by atoms with van der Waals surface area (Å²) in [5, 5.41) is 3.94. The molecule has 5 nitrogen and oxygen atoms in total. The summed E-state index contributed by atoms with van der Waals surface area (Å²) in [5.74, 6) is -1.03. The van der Waals surface area contributed by atoms with E-state index >= 15 is 0 Å². The molecule has 1 amide bonds. The fourth-order valence-electron chi connectivity index (χ4n) is 2.33. The van der Waals surface area contributed by atoms with E-state index < -0.39 is 18.5 Å². The molecule has 0 saturated carbocycles. The Bertz CT molecular complexity index is 916. The summed E-state index contributed by atoms with van der Waals surface area (Å²) in [6, 6.07) is 14.0. The summed E-state index contributed by atoms with van der Waals surface area (Å²) in [7, 11) is 0. The predicted octanol–water partition coefficient (Wildman–Crippen LogP) is 4.19. The number of hydrogen-bond donors (Lipinski definition) is 1. The van der Waals surface area contributed by atoms with Gasteiger partial charge in [0.25, 0.3) is 5.91 Å². The first-order valence-electron chi connectivity index (χ1n) is 7.25. The normalized spacial score (nSPS) is 10.6. The van der Waals surface area contributed by atoms with Crippen molar-refractivity contribution in [2.24, 2.45) is 0 Å². The minimum absolute atomic E-state index is 0.103. The Morgan fingerprint density at radius 1 is 1.17 bits per heavy atom. The van der Waals surface area contributed by atoms with Gasteiger partial charge in [-0.2, -0.15) is 0 Å². The summed E-state index contributed by atoms with van der Waals surface area (Å²) in [5.41, 5.74) is 1.82. The van der Waals surface area contributed by atoms with Crippen molar-refractivity contribution in [1.29, 1.82) is 0 Å². The van der Waals surface area contributed by atoms with E-state index in [1.165, 1.54) is 0 Å². The number of ether oxygens (including phenoxy) is 1. The van der Waals surface area contributed by atoms with Crippen molar-refractivity contribution in [3.8, 4) is 0 Å². The molecule has 0 atom stereocenters. The van der Waals surface area contributed by atoms with E-state index in [0.29, 0.717) is 21.9 Å². The average molecular weight is 344 g/mol. The van der Waals surface area contributed by atoms with Crippen molar-refractivity contribution in [2.45, 2.75) is 6.92 Å². The number of amides is 1. The minimum atomic E-state index is -0.676. The first-order valence-corrected chi connectivity index (χ1v) is 7.63. The molecule has 122 valence electrons. The van der Waals surface area contributed by atoms with Crippen molar-refractivity contribution in [1.82, 2.24) is 0 Å². The number of aryl methyl sites for hydroxylation is 1. The van der Waals surface area contributed by atoms with Crippen molar-refractivity contribution in [2.75, 3.05) is 11.9 Å². The standard InChI is InChI=1S/C18H14ClNO4/c1-11-14-7-2-3-8-15(14)24-17(11)18(22)23-10-16(21)20-13-6-4-5-12(19)9-13/h2-9H,10H2,1H3,(H,20,21). The van der Waals surface area contributed by atoms with Crippen LogP contribution < -0.4 is 5.32 Å². The van der Waals surface area contributed by atoms with Gasteiger partial charge in [0.15, 0.2) is 6.61 Å². The second-order valence-electron chi connectivity index (χ2n) is 5.19. The van der Waals surface area contributed by atoms with Gasteiger partial charge in [-0.15, -0.1) is 0 Å². The summed E-state index contributed by atoms with van der Waals surface area (Å²) >= 11 is 5.84. The molecule has 2 aromatic carbocycles. The average Bonchev–Trinajstić information content (AvgIpc) is 2.90. The van der Waals surface area contributed by atoms with Gasteiger partial charge in [-0.1, -0.05) is 35.9 Å². The second-order valence-corrected chi connectivity index (χ2v) is 5.62. The van der Waals surface area contributed by atoms with Crippen molar-refractivity contribution in [3.05, 3.63) is 64.9 Å². The lowest BCUT2D eigenvalue weighted by Crippen LogP contribution is -2.21. The van der Waals surface area contributed by atoms with E-state index in [4.69, 9.17) is 20.8 Å². The molecule has 0 spiro atoms. The molecule has 1 heterocycles. The summed E-state index contributed by atoms with van der Waals surface area (Å²) in [6.07, 6.45) is 0. The van der Waals surface area contributed by atoms with Crippen LogP contribution in [0.15, 0.2) is 52.9 Å². The molecule has 3 rings (SSSR count). The Balaban J connectivity index is 1.64. The van der Waals surface area contributed by atoms with Gasteiger partial charge in [0.05, 0.1) is 0 Å². The number of carbonyl (C=O) groups excluding carboxylic acids is 2. The third-order valence-corrected chi connectivity index (χ3v) is 3.71. The molecule has 0 saturated heterocycles. The van der Waals surface area contributed by atoms with Gasteiger partial charge >= 0.3 is 5.97 Å². The van der Waals surface area contributed by atoms with Crippen LogP contribution in [0.2, 0.25) is 5.02 Å². The van der Waals surface area contributed by atoms with E-state index in [2.05, 4.69) is 5.32 Å². The second kappa shape index (κ2) is 6.76. The first kappa shape index (κ1) is 16.1. The molecular weight excluding hydrogens is 330 g/mol. The monoisotopic (exact) mass is 343 g/mol. The van der Waals surface area contributed by atoms with Gasteiger partial charge in [0, 0.05) is 21.7 Å². The van der Waals surface area contributed by atoms with E-state index in [-0.39, 0.29) is 5.76 Å². The molecule has 0 unspecified atom stereocenters.